The lowest BCUT2D eigenvalue weighted by atomic mass is 9.46. The third kappa shape index (κ3) is 3.64. The van der Waals surface area contributed by atoms with Gasteiger partial charge in [-0.2, -0.15) is 0 Å². The SMILES string of the molecule is C/C(=N/OC(=O)C1CCC[N+]1(C)C)C1CCC2C3CCC4=CC(=O)CCC4(C)C3CCC12C. The molecule has 5 rings (SSSR count). The van der Waals surface area contributed by atoms with Crippen LogP contribution in [-0.4, -0.2) is 48.6 Å². The molecule has 7 atom stereocenters. The van der Waals surface area contributed by atoms with Crippen LogP contribution < -0.4 is 0 Å². The first-order valence-corrected chi connectivity index (χ1v) is 13.4. The normalized spacial score (nSPS) is 44.5. The number of oxime groups is 1. The van der Waals surface area contributed by atoms with Crippen LogP contribution in [0.2, 0.25) is 0 Å². The number of carbonyl (C=O) groups excluding carboxylic acids is 2. The molecule has 0 N–H and O–H groups in total. The molecular weight excluding hydrogens is 412 g/mol. The first-order valence-electron chi connectivity index (χ1n) is 13.4. The van der Waals surface area contributed by atoms with E-state index in [1.54, 1.807) is 0 Å². The Hall–Kier alpha value is -1.49. The molecule has 1 saturated heterocycles. The zero-order chi connectivity index (χ0) is 23.6. The molecular formula is C28H43N2O3+. The molecule has 5 heteroatoms. The van der Waals surface area contributed by atoms with Gasteiger partial charge in [0.15, 0.2) is 11.8 Å². The smallest absolute Gasteiger partial charge is 0.317 e. The maximum atomic E-state index is 12.7. The van der Waals surface area contributed by atoms with Crippen LogP contribution in [0.4, 0.5) is 0 Å². The van der Waals surface area contributed by atoms with Crippen molar-refractivity contribution in [3.8, 4) is 0 Å². The molecule has 182 valence electrons. The summed E-state index contributed by atoms with van der Waals surface area (Å²) < 4.78 is 0.709. The van der Waals surface area contributed by atoms with Gasteiger partial charge in [-0.1, -0.05) is 24.6 Å². The summed E-state index contributed by atoms with van der Waals surface area (Å²) >= 11 is 0. The highest BCUT2D eigenvalue weighted by Gasteiger charge is 2.59. The topological polar surface area (TPSA) is 55.7 Å². The van der Waals surface area contributed by atoms with Gasteiger partial charge in [-0.25, -0.2) is 4.79 Å². The van der Waals surface area contributed by atoms with E-state index in [0.29, 0.717) is 28.0 Å². The number of hydrogen-bond acceptors (Lipinski definition) is 4. The van der Waals surface area contributed by atoms with Crippen molar-refractivity contribution in [2.45, 2.75) is 91.0 Å². The Kier molecular flexibility index (Phi) is 5.66. The highest BCUT2D eigenvalue weighted by Crippen LogP contribution is 2.66. The summed E-state index contributed by atoms with van der Waals surface area (Å²) in [6.45, 7) is 8.05. The molecule has 0 amide bonds. The van der Waals surface area contributed by atoms with Gasteiger partial charge in [0.05, 0.1) is 26.4 Å². The quantitative estimate of drug-likeness (QED) is 0.251. The van der Waals surface area contributed by atoms with E-state index in [4.69, 9.17) is 4.84 Å². The molecule has 0 spiro atoms. The predicted octanol–water partition coefficient (Wildman–Crippen LogP) is 5.29. The van der Waals surface area contributed by atoms with E-state index >= 15 is 0 Å². The minimum atomic E-state index is -0.161. The second-order valence-corrected chi connectivity index (χ2v) is 12.9. The number of likely N-dealkylation sites (tertiary alicyclic amines) is 1. The summed E-state index contributed by atoms with van der Waals surface area (Å²) in [7, 11) is 4.23. The van der Waals surface area contributed by atoms with Gasteiger partial charge in [0, 0.05) is 25.2 Å². The van der Waals surface area contributed by atoms with Crippen LogP contribution in [0.1, 0.15) is 85.0 Å². The average molecular weight is 456 g/mol. The fraction of sp³-hybridized carbons (Fsp3) is 0.821. The lowest BCUT2D eigenvalue weighted by Crippen LogP contribution is -2.51. The first-order chi connectivity index (χ1) is 15.6. The van der Waals surface area contributed by atoms with E-state index in [9.17, 15) is 9.59 Å². The second-order valence-electron chi connectivity index (χ2n) is 12.9. The Morgan fingerprint density at radius 1 is 1.06 bits per heavy atom. The van der Waals surface area contributed by atoms with Crippen LogP contribution in [0.15, 0.2) is 16.8 Å². The molecule has 3 saturated carbocycles. The molecule has 33 heavy (non-hydrogen) atoms. The number of carbonyl (C=O) groups is 2. The van der Waals surface area contributed by atoms with Gasteiger partial charge in [-0.3, -0.25) is 4.79 Å². The third-order valence-corrected chi connectivity index (χ3v) is 11.1. The van der Waals surface area contributed by atoms with Crippen molar-refractivity contribution in [3.63, 3.8) is 0 Å². The number of likely N-dealkylation sites (N-methyl/N-ethyl adjacent to an activating group) is 1. The molecule has 0 aromatic carbocycles. The minimum Gasteiger partial charge on any atom is -0.317 e. The molecule has 0 aromatic heterocycles. The number of ketones is 1. The number of hydrogen-bond donors (Lipinski definition) is 0. The summed E-state index contributed by atoms with van der Waals surface area (Å²) in [5.41, 5.74) is 2.92. The molecule has 1 aliphatic heterocycles. The Balaban J connectivity index is 1.31. The molecule has 5 aliphatic rings. The van der Waals surface area contributed by atoms with Gasteiger partial charge in [0.25, 0.3) is 0 Å². The van der Waals surface area contributed by atoms with Crippen molar-refractivity contribution in [1.29, 1.82) is 0 Å². The zero-order valence-corrected chi connectivity index (χ0v) is 21.4. The second kappa shape index (κ2) is 8.03. The van der Waals surface area contributed by atoms with E-state index in [1.165, 1.54) is 31.3 Å². The van der Waals surface area contributed by atoms with Gasteiger partial charge >= 0.3 is 5.97 Å². The van der Waals surface area contributed by atoms with E-state index in [1.807, 2.05) is 6.08 Å². The Morgan fingerprint density at radius 3 is 2.58 bits per heavy atom. The third-order valence-electron chi connectivity index (χ3n) is 11.1. The number of quaternary nitrogens is 1. The summed E-state index contributed by atoms with van der Waals surface area (Å²) in [5.74, 6) is 2.75. The molecule has 0 aromatic rings. The number of rotatable bonds is 3. The van der Waals surface area contributed by atoms with Crippen molar-refractivity contribution in [2.75, 3.05) is 20.6 Å². The molecule has 4 fully saturated rings. The van der Waals surface area contributed by atoms with Gasteiger partial charge < -0.3 is 9.32 Å². The summed E-state index contributed by atoms with van der Waals surface area (Å²) in [5, 5.41) is 4.45. The number of nitrogens with zero attached hydrogens (tertiary/aromatic N) is 2. The van der Waals surface area contributed by atoms with Crippen LogP contribution in [-0.2, 0) is 14.4 Å². The molecule has 7 unspecified atom stereocenters. The predicted molar refractivity (Wildman–Crippen MR) is 129 cm³/mol. The average Bonchev–Trinajstić information content (AvgIpc) is 3.30. The summed E-state index contributed by atoms with van der Waals surface area (Å²) in [4.78, 5) is 30.4. The summed E-state index contributed by atoms with van der Waals surface area (Å²) in [6, 6.07) is -0.0866. The molecule has 0 bridgehead atoms. The summed E-state index contributed by atoms with van der Waals surface area (Å²) in [6.07, 6.45) is 12.9. The minimum absolute atomic E-state index is 0.0866. The van der Waals surface area contributed by atoms with Crippen LogP contribution in [0.3, 0.4) is 0 Å². The Morgan fingerprint density at radius 2 is 1.85 bits per heavy atom. The van der Waals surface area contributed by atoms with Crippen molar-refractivity contribution >= 4 is 17.5 Å². The fourth-order valence-corrected chi connectivity index (χ4v) is 9.09. The zero-order valence-electron chi connectivity index (χ0n) is 21.4. The van der Waals surface area contributed by atoms with Crippen molar-refractivity contribution in [2.24, 2.45) is 39.7 Å². The number of fused-ring (bicyclic) bond motifs is 5. The van der Waals surface area contributed by atoms with E-state index in [-0.39, 0.29) is 22.8 Å². The van der Waals surface area contributed by atoms with Gasteiger partial charge in [0.1, 0.15) is 0 Å². The highest BCUT2D eigenvalue weighted by molar-refractivity contribution is 5.91. The van der Waals surface area contributed by atoms with Crippen molar-refractivity contribution in [1.82, 2.24) is 0 Å². The van der Waals surface area contributed by atoms with Crippen molar-refractivity contribution < 1.29 is 18.9 Å². The van der Waals surface area contributed by atoms with Gasteiger partial charge in [0.2, 0.25) is 0 Å². The van der Waals surface area contributed by atoms with Crippen LogP contribution in [0, 0.1) is 34.5 Å². The van der Waals surface area contributed by atoms with Crippen LogP contribution in [0.25, 0.3) is 0 Å². The standard InChI is InChI=1S/C28H43N2O3/c1-18(29-33-26(32)25-7-6-16-30(25,4)5)22-10-11-23-21-9-8-19-17-20(31)12-14-27(19,2)24(21)13-15-28(22,23)3/h17,21-25H,6-16H2,1-5H3/q+1/b29-18-. The van der Waals surface area contributed by atoms with E-state index in [0.717, 1.165) is 56.7 Å². The number of allylic oxidation sites excluding steroid dienone is 1. The largest absolute Gasteiger partial charge is 0.391 e. The van der Waals surface area contributed by atoms with Crippen LogP contribution in [0.5, 0.6) is 0 Å². The maximum Gasteiger partial charge on any atom is 0.391 e. The van der Waals surface area contributed by atoms with Gasteiger partial charge in [-0.05, 0) is 86.5 Å². The van der Waals surface area contributed by atoms with Crippen LogP contribution >= 0.6 is 0 Å². The fourth-order valence-electron chi connectivity index (χ4n) is 9.09. The highest BCUT2D eigenvalue weighted by atomic mass is 16.7. The van der Waals surface area contributed by atoms with E-state index in [2.05, 4.69) is 40.0 Å². The Labute approximate surface area is 199 Å². The van der Waals surface area contributed by atoms with Crippen molar-refractivity contribution in [3.05, 3.63) is 11.6 Å². The first kappa shape index (κ1) is 23.3. The maximum absolute atomic E-state index is 12.7. The molecule has 4 aliphatic carbocycles. The Bertz CT molecular complexity index is 905. The van der Waals surface area contributed by atoms with Gasteiger partial charge in [-0.15, -0.1) is 0 Å². The lowest BCUT2D eigenvalue weighted by Gasteiger charge is -2.58. The molecule has 0 radical (unpaired) electrons. The molecule has 1 heterocycles. The lowest BCUT2D eigenvalue weighted by molar-refractivity contribution is -0.893. The molecule has 5 nitrogen and oxygen atoms in total. The van der Waals surface area contributed by atoms with E-state index < -0.39 is 0 Å². The monoisotopic (exact) mass is 455 g/mol.